The summed E-state index contributed by atoms with van der Waals surface area (Å²) in [5.41, 5.74) is 2.48. The number of benzene rings is 2. The Hall–Kier alpha value is -2.04. The minimum atomic E-state index is -0.343. The molecule has 0 aromatic heterocycles. The van der Waals surface area contributed by atoms with Crippen LogP contribution in [-0.2, 0) is 9.47 Å². The van der Waals surface area contributed by atoms with Gasteiger partial charge in [0.05, 0.1) is 13.2 Å². The van der Waals surface area contributed by atoms with Crippen LogP contribution >= 0.6 is 0 Å². The second kappa shape index (κ2) is 13.9. The minimum Gasteiger partial charge on any atom is -0.465 e. The van der Waals surface area contributed by atoms with Gasteiger partial charge >= 0.3 is 0 Å². The maximum atomic E-state index is 6.22. The van der Waals surface area contributed by atoms with E-state index in [0.29, 0.717) is 25.0 Å². The van der Waals surface area contributed by atoms with E-state index in [1.807, 2.05) is 31.2 Å². The second-order valence-electron chi connectivity index (χ2n) is 11.0. The SMILES string of the molecule is CCC(C)c1ccc(OC(C)OCC(C)(C)COC(Oc2ccc(C(C)CC)cc2)C(C)C)cc1. The molecule has 0 aliphatic rings. The summed E-state index contributed by atoms with van der Waals surface area (Å²) in [6, 6.07) is 16.7. The zero-order chi connectivity index (χ0) is 26.0. The molecule has 0 radical (unpaired) electrons. The zero-order valence-electron chi connectivity index (χ0n) is 23.5. The van der Waals surface area contributed by atoms with Gasteiger partial charge < -0.3 is 18.9 Å². The molecule has 0 saturated heterocycles. The highest BCUT2D eigenvalue weighted by atomic mass is 16.7. The average molecular weight is 485 g/mol. The maximum absolute atomic E-state index is 6.22. The van der Waals surface area contributed by atoms with Crippen LogP contribution in [-0.4, -0.2) is 25.8 Å². The molecule has 4 unspecified atom stereocenters. The van der Waals surface area contributed by atoms with Crippen LogP contribution in [0, 0.1) is 11.3 Å². The van der Waals surface area contributed by atoms with Gasteiger partial charge in [-0.2, -0.15) is 0 Å². The van der Waals surface area contributed by atoms with Crippen LogP contribution in [0.5, 0.6) is 11.5 Å². The smallest absolute Gasteiger partial charge is 0.202 e. The van der Waals surface area contributed by atoms with E-state index in [1.54, 1.807) is 0 Å². The predicted octanol–water partition coefficient (Wildman–Crippen LogP) is 8.56. The third kappa shape index (κ3) is 9.85. The molecule has 4 atom stereocenters. The lowest BCUT2D eigenvalue weighted by Gasteiger charge is -2.30. The Morgan fingerprint density at radius 3 is 1.49 bits per heavy atom. The lowest BCUT2D eigenvalue weighted by Crippen LogP contribution is -2.35. The first kappa shape index (κ1) is 29.2. The second-order valence-corrected chi connectivity index (χ2v) is 11.0. The lowest BCUT2D eigenvalue weighted by atomic mass is 9.96. The third-order valence-corrected chi connectivity index (χ3v) is 6.57. The molecule has 0 bridgehead atoms. The summed E-state index contributed by atoms with van der Waals surface area (Å²) >= 11 is 0. The van der Waals surface area contributed by atoms with Gasteiger partial charge in [-0.3, -0.25) is 0 Å². The quantitative estimate of drug-likeness (QED) is 0.237. The summed E-state index contributed by atoms with van der Waals surface area (Å²) in [7, 11) is 0. The van der Waals surface area contributed by atoms with Crippen molar-refractivity contribution in [2.24, 2.45) is 11.3 Å². The van der Waals surface area contributed by atoms with Crippen molar-refractivity contribution in [3.8, 4) is 11.5 Å². The van der Waals surface area contributed by atoms with Crippen LogP contribution < -0.4 is 9.47 Å². The van der Waals surface area contributed by atoms with E-state index >= 15 is 0 Å². The van der Waals surface area contributed by atoms with Gasteiger partial charge in [-0.15, -0.1) is 0 Å². The van der Waals surface area contributed by atoms with E-state index in [1.165, 1.54) is 11.1 Å². The molecular weight excluding hydrogens is 436 g/mol. The summed E-state index contributed by atoms with van der Waals surface area (Å²) in [6.07, 6.45) is 1.60. The zero-order valence-corrected chi connectivity index (χ0v) is 23.5. The van der Waals surface area contributed by atoms with E-state index in [9.17, 15) is 0 Å². The normalized spacial score (nSPS) is 15.5. The van der Waals surface area contributed by atoms with Crippen molar-refractivity contribution in [1.29, 1.82) is 0 Å². The highest BCUT2D eigenvalue weighted by Gasteiger charge is 2.25. The molecule has 2 aromatic rings. The van der Waals surface area contributed by atoms with E-state index in [0.717, 1.165) is 24.3 Å². The van der Waals surface area contributed by atoms with Crippen LogP contribution in [0.3, 0.4) is 0 Å². The van der Waals surface area contributed by atoms with Crippen molar-refractivity contribution in [2.45, 2.75) is 99.6 Å². The molecule has 0 heterocycles. The van der Waals surface area contributed by atoms with Gasteiger partial charge in [-0.25, -0.2) is 0 Å². The summed E-state index contributed by atoms with van der Waals surface area (Å²) in [5, 5.41) is 0. The Balaban J connectivity index is 1.83. The number of hydrogen-bond donors (Lipinski definition) is 0. The summed E-state index contributed by atoms with van der Waals surface area (Å²) in [6.45, 7) is 20.4. The molecule has 0 aliphatic heterocycles. The Labute approximate surface area is 214 Å². The van der Waals surface area contributed by atoms with E-state index in [2.05, 4.69) is 79.7 Å². The molecule has 0 saturated carbocycles. The predicted molar refractivity (Wildman–Crippen MR) is 145 cm³/mol. The largest absolute Gasteiger partial charge is 0.465 e. The molecule has 4 heteroatoms. The molecule has 0 amide bonds. The molecule has 0 fully saturated rings. The van der Waals surface area contributed by atoms with Gasteiger partial charge in [0.15, 0.2) is 6.29 Å². The fourth-order valence-corrected chi connectivity index (χ4v) is 3.64. The molecule has 0 spiro atoms. The maximum Gasteiger partial charge on any atom is 0.202 e. The number of rotatable bonds is 15. The van der Waals surface area contributed by atoms with Crippen molar-refractivity contribution in [3.63, 3.8) is 0 Å². The molecule has 35 heavy (non-hydrogen) atoms. The first-order valence-electron chi connectivity index (χ1n) is 13.3. The Bertz CT molecular complexity index is 841. The van der Waals surface area contributed by atoms with Gasteiger partial charge in [0.2, 0.25) is 6.29 Å². The standard InChI is InChI=1S/C31H48O4/c1-10-23(5)26-12-16-28(17-13-26)34-25(7)32-20-31(8,9)21-33-30(22(3)4)35-29-18-14-27(15-19-29)24(6)11-2/h12-19,22-25,30H,10-11,20-21H2,1-9H3. The number of hydrogen-bond acceptors (Lipinski definition) is 4. The minimum absolute atomic E-state index is 0.186. The van der Waals surface area contributed by atoms with Crippen LogP contribution in [0.15, 0.2) is 48.5 Å². The molecule has 0 aliphatic carbocycles. The van der Waals surface area contributed by atoms with Crippen LogP contribution in [0.25, 0.3) is 0 Å². The van der Waals surface area contributed by atoms with Crippen molar-refractivity contribution in [1.82, 2.24) is 0 Å². The van der Waals surface area contributed by atoms with Crippen molar-refractivity contribution in [3.05, 3.63) is 59.7 Å². The van der Waals surface area contributed by atoms with E-state index in [-0.39, 0.29) is 23.9 Å². The van der Waals surface area contributed by atoms with E-state index in [4.69, 9.17) is 18.9 Å². The van der Waals surface area contributed by atoms with Crippen molar-refractivity contribution < 1.29 is 18.9 Å². The summed E-state index contributed by atoms with van der Waals surface area (Å²) in [4.78, 5) is 0. The van der Waals surface area contributed by atoms with Gasteiger partial charge in [-0.1, -0.05) is 79.7 Å². The molecule has 2 rings (SSSR count). The Kier molecular flexibility index (Phi) is 11.6. The molecule has 4 nitrogen and oxygen atoms in total. The first-order chi connectivity index (χ1) is 16.5. The van der Waals surface area contributed by atoms with Crippen LogP contribution in [0.1, 0.15) is 98.1 Å². The van der Waals surface area contributed by atoms with Gasteiger partial charge in [0.1, 0.15) is 11.5 Å². The van der Waals surface area contributed by atoms with E-state index < -0.39 is 0 Å². The molecule has 196 valence electrons. The highest BCUT2D eigenvalue weighted by Crippen LogP contribution is 2.26. The van der Waals surface area contributed by atoms with Crippen molar-refractivity contribution in [2.75, 3.05) is 13.2 Å². The first-order valence-corrected chi connectivity index (χ1v) is 13.3. The average Bonchev–Trinajstić information content (AvgIpc) is 2.85. The van der Waals surface area contributed by atoms with Crippen LogP contribution in [0.2, 0.25) is 0 Å². The van der Waals surface area contributed by atoms with Gasteiger partial charge in [0.25, 0.3) is 0 Å². The van der Waals surface area contributed by atoms with Crippen LogP contribution in [0.4, 0.5) is 0 Å². The topological polar surface area (TPSA) is 36.9 Å². The fraction of sp³-hybridized carbons (Fsp3) is 0.613. The van der Waals surface area contributed by atoms with Gasteiger partial charge in [0, 0.05) is 11.3 Å². The monoisotopic (exact) mass is 484 g/mol. The highest BCUT2D eigenvalue weighted by molar-refractivity contribution is 5.30. The Morgan fingerprint density at radius 1 is 0.629 bits per heavy atom. The molecule has 0 N–H and O–H groups in total. The Morgan fingerprint density at radius 2 is 1.06 bits per heavy atom. The fourth-order valence-electron chi connectivity index (χ4n) is 3.64. The van der Waals surface area contributed by atoms with Crippen molar-refractivity contribution >= 4 is 0 Å². The summed E-state index contributed by atoms with van der Waals surface area (Å²) in [5.74, 6) is 3.00. The summed E-state index contributed by atoms with van der Waals surface area (Å²) < 4.78 is 24.4. The van der Waals surface area contributed by atoms with Gasteiger partial charge in [-0.05, 0) is 67.0 Å². The third-order valence-electron chi connectivity index (χ3n) is 6.57. The molecule has 2 aromatic carbocycles. The molecular formula is C31H48O4. The lowest BCUT2D eigenvalue weighted by molar-refractivity contribution is -0.152. The number of ether oxygens (including phenoxy) is 4.